The number of piperazine rings is 1. The minimum absolute atomic E-state index is 0.0554. The van der Waals surface area contributed by atoms with Crippen LogP contribution in [0.25, 0.3) is 10.2 Å². The molecule has 33 heavy (non-hydrogen) atoms. The van der Waals surface area contributed by atoms with E-state index in [1.165, 1.54) is 28.7 Å². The first-order valence-electron chi connectivity index (χ1n) is 11.2. The number of fused-ring (bicyclic) bond motifs is 1. The summed E-state index contributed by atoms with van der Waals surface area (Å²) >= 11 is 2.88. The molecule has 0 bridgehead atoms. The highest BCUT2D eigenvalue weighted by atomic mass is 32.2. The van der Waals surface area contributed by atoms with Gasteiger partial charge < -0.3 is 4.90 Å². The smallest absolute Gasteiger partial charge is 0.263 e. The van der Waals surface area contributed by atoms with Gasteiger partial charge in [-0.15, -0.1) is 17.9 Å². The summed E-state index contributed by atoms with van der Waals surface area (Å²) in [6, 6.07) is 10.8. The molecular formula is C25H30N4O2S2. The molecule has 1 fully saturated rings. The number of thiophene rings is 1. The van der Waals surface area contributed by atoms with Crippen molar-refractivity contribution in [1.82, 2.24) is 19.4 Å². The third-order valence-corrected chi connectivity index (χ3v) is 8.45. The van der Waals surface area contributed by atoms with Crippen molar-refractivity contribution in [2.75, 3.05) is 31.9 Å². The summed E-state index contributed by atoms with van der Waals surface area (Å²) in [5, 5.41) is 1.26. The zero-order chi connectivity index (χ0) is 23.5. The van der Waals surface area contributed by atoms with Gasteiger partial charge in [0.15, 0.2) is 5.16 Å². The molecule has 3 heterocycles. The zero-order valence-electron chi connectivity index (χ0n) is 19.4. The van der Waals surface area contributed by atoms with Crippen molar-refractivity contribution < 1.29 is 4.79 Å². The average Bonchev–Trinajstić information content (AvgIpc) is 3.13. The summed E-state index contributed by atoms with van der Waals surface area (Å²) < 4.78 is 1.63. The highest BCUT2D eigenvalue weighted by Crippen LogP contribution is 2.28. The van der Waals surface area contributed by atoms with E-state index in [-0.39, 0.29) is 17.2 Å². The van der Waals surface area contributed by atoms with Gasteiger partial charge >= 0.3 is 0 Å². The highest BCUT2D eigenvalue weighted by Gasteiger charge is 2.25. The number of nitrogens with zero attached hydrogens (tertiary/aromatic N) is 4. The van der Waals surface area contributed by atoms with Crippen LogP contribution in [0.15, 0.2) is 52.9 Å². The van der Waals surface area contributed by atoms with Gasteiger partial charge in [-0.05, 0) is 31.9 Å². The Hall–Kier alpha value is -2.42. The van der Waals surface area contributed by atoms with Crippen molar-refractivity contribution in [2.24, 2.45) is 0 Å². The van der Waals surface area contributed by atoms with Crippen molar-refractivity contribution in [3.63, 3.8) is 0 Å². The van der Waals surface area contributed by atoms with Crippen molar-refractivity contribution in [2.45, 2.75) is 38.5 Å². The molecule has 8 heteroatoms. The van der Waals surface area contributed by atoms with E-state index in [0.29, 0.717) is 36.2 Å². The van der Waals surface area contributed by atoms with Crippen LogP contribution in [0.3, 0.4) is 0 Å². The molecule has 0 unspecified atom stereocenters. The molecule has 1 saturated heterocycles. The fraction of sp³-hybridized carbons (Fsp3) is 0.400. The van der Waals surface area contributed by atoms with Gasteiger partial charge in [0.05, 0.1) is 11.1 Å². The molecule has 1 aliphatic heterocycles. The summed E-state index contributed by atoms with van der Waals surface area (Å²) in [5.41, 5.74) is 2.23. The number of allylic oxidation sites excluding steroid dienone is 1. The number of thioether (sulfide) groups is 1. The minimum atomic E-state index is -0.0554. The number of hydrogen-bond donors (Lipinski definition) is 0. The standard InChI is InChI=1S/C25H30N4O2S2/c1-5-11-29-24(31)22-17(2)19(4)33-23(22)26-25(29)32-16-21(30)28-14-12-27(13-15-28)18(3)20-9-7-6-8-10-20/h5-10,18H,1,11-16H2,2-4H3/t18-/m0/s1. The lowest BCUT2D eigenvalue weighted by atomic mass is 10.1. The predicted octanol–water partition coefficient (Wildman–Crippen LogP) is 4.26. The first-order chi connectivity index (χ1) is 15.9. The van der Waals surface area contributed by atoms with Crippen LogP contribution in [0.5, 0.6) is 0 Å². The lowest BCUT2D eigenvalue weighted by molar-refractivity contribution is -0.130. The van der Waals surface area contributed by atoms with Crippen LogP contribution >= 0.6 is 23.1 Å². The van der Waals surface area contributed by atoms with Crippen LogP contribution < -0.4 is 5.56 Å². The lowest BCUT2D eigenvalue weighted by Crippen LogP contribution is -2.49. The van der Waals surface area contributed by atoms with Gasteiger partial charge in [0.2, 0.25) is 5.91 Å². The van der Waals surface area contributed by atoms with Crippen LogP contribution in [0.4, 0.5) is 0 Å². The van der Waals surface area contributed by atoms with Crippen molar-refractivity contribution in [3.8, 4) is 0 Å². The van der Waals surface area contributed by atoms with E-state index >= 15 is 0 Å². The summed E-state index contributed by atoms with van der Waals surface area (Å²) in [5.74, 6) is 0.359. The topological polar surface area (TPSA) is 58.4 Å². The molecular weight excluding hydrogens is 452 g/mol. The largest absolute Gasteiger partial charge is 0.339 e. The number of amides is 1. The fourth-order valence-electron chi connectivity index (χ4n) is 4.23. The molecule has 0 radical (unpaired) electrons. The van der Waals surface area contributed by atoms with Crippen LogP contribution in [0, 0.1) is 13.8 Å². The number of benzene rings is 1. The van der Waals surface area contributed by atoms with Gasteiger partial charge in [0, 0.05) is 43.6 Å². The molecule has 174 valence electrons. The number of hydrogen-bond acceptors (Lipinski definition) is 6. The van der Waals surface area contributed by atoms with E-state index in [4.69, 9.17) is 4.98 Å². The summed E-state index contributed by atoms with van der Waals surface area (Å²) in [6.07, 6.45) is 1.70. The van der Waals surface area contributed by atoms with Crippen LogP contribution in [0.1, 0.15) is 29.0 Å². The van der Waals surface area contributed by atoms with Gasteiger partial charge in [0.1, 0.15) is 4.83 Å². The Morgan fingerprint density at radius 3 is 2.58 bits per heavy atom. The molecule has 6 nitrogen and oxygen atoms in total. The normalized spacial score (nSPS) is 15.7. The SMILES string of the molecule is C=CCn1c(SCC(=O)N2CCN([C@@H](C)c3ccccc3)CC2)nc2sc(C)c(C)c2c1=O. The Balaban J connectivity index is 1.41. The van der Waals surface area contributed by atoms with Crippen molar-refractivity contribution in [1.29, 1.82) is 0 Å². The maximum absolute atomic E-state index is 13.1. The van der Waals surface area contributed by atoms with E-state index in [2.05, 4.69) is 42.7 Å². The maximum atomic E-state index is 13.1. The number of rotatable bonds is 7. The number of carbonyl (C=O) groups is 1. The summed E-state index contributed by atoms with van der Waals surface area (Å²) in [7, 11) is 0. The Bertz CT molecular complexity index is 1210. The van der Waals surface area contributed by atoms with Gasteiger partial charge in [-0.1, -0.05) is 48.2 Å². The quantitative estimate of drug-likeness (QED) is 0.286. The first kappa shape index (κ1) is 23.7. The summed E-state index contributed by atoms with van der Waals surface area (Å²) in [4.78, 5) is 37.0. The molecule has 2 aromatic heterocycles. The molecule has 1 atom stereocenters. The monoisotopic (exact) mass is 482 g/mol. The van der Waals surface area contributed by atoms with Crippen molar-refractivity contribution in [3.05, 3.63) is 69.3 Å². The summed E-state index contributed by atoms with van der Waals surface area (Å²) in [6.45, 7) is 13.5. The number of aromatic nitrogens is 2. The molecule has 0 saturated carbocycles. The van der Waals surface area contributed by atoms with E-state index in [1.54, 1.807) is 10.6 Å². The Morgan fingerprint density at radius 2 is 1.91 bits per heavy atom. The second-order valence-corrected chi connectivity index (χ2v) is 10.5. The van der Waals surface area contributed by atoms with E-state index in [1.807, 2.05) is 24.8 Å². The van der Waals surface area contributed by atoms with Gasteiger partial charge in [-0.3, -0.25) is 19.1 Å². The van der Waals surface area contributed by atoms with E-state index < -0.39 is 0 Å². The maximum Gasteiger partial charge on any atom is 0.263 e. The lowest BCUT2D eigenvalue weighted by Gasteiger charge is -2.38. The highest BCUT2D eigenvalue weighted by molar-refractivity contribution is 7.99. The molecule has 0 N–H and O–H groups in total. The van der Waals surface area contributed by atoms with Crippen LogP contribution in [-0.2, 0) is 11.3 Å². The van der Waals surface area contributed by atoms with Crippen LogP contribution in [0.2, 0.25) is 0 Å². The van der Waals surface area contributed by atoms with Gasteiger partial charge in [-0.25, -0.2) is 4.98 Å². The Labute approximate surface area is 202 Å². The molecule has 1 amide bonds. The second kappa shape index (κ2) is 10.2. The van der Waals surface area contributed by atoms with E-state index in [9.17, 15) is 9.59 Å². The molecule has 0 aliphatic carbocycles. The average molecular weight is 483 g/mol. The molecule has 4 rings (SSSR count). The third-order valence-electron chi connectivity index (χ3n) is 6.39. The van der Waals surface area contributed by atoms with Gasteiger partial charge in [0.25, 0.3) is 5.56 Å². The minimum Gasteiger partial charge on any atom is -0.339 e. The fourth-order valence-corrected chi connectivity index (χ4v) is 6.21. The predicted molar refractivity (Wildman–Crippen MR) is 137 cm³/mol. The number of carbonyl (C=O) groups excluding carboxylic acids is 1. The molecule has 1 aliphatic rings. The Morgan fingerprint density at radius 1 is 1.21 bits per heavy atom. The molecule has 3 aromatic rings. The first-order valence-corrected chi connectivity index (χ1v) is 13.0. The van der Waals surface area contributed by atoms with Crippen molar-refractivity contribution >= 4 is 39.2 Å². The molecule has 1 aromatic carbocycles. The molecule has 0 spiro atoms. The van der Waals surface area contributed by atoms with Crippen LogP contribution in [-0.4, -0.2) is 57.2 Å². The van der Waals surface area contributed by atoms with E-state index in [0.717, 1.165) is 28.4 Å². The van der Waals surface area contributed by atoms with Gasteiger partial charge in [-0.2, -0.15) is 0 Å². The zero-order valence-corrected chi connectivity index (χ0v) is 21.0. The Kier molecular flexibility index (Phi) is 7.36. The second-order valence-electron chi connectivity index (χ2n) is 8.35. The third kappa shape index (κ3) is 4.93. The number of aryl methyl sites for hydroxylation is 2.